The number of piperazine rings is 1. The van der Waals surface area contributed by atoms with Gasteiger partial charge < -0.3 is 15.5 Å². The second-order valence-corrected chi connectivity index (χ2v) is 4.57. The lowest BCUT2D eigenvalue weighted by atomic mass is 10.2. The van der Waals surface area contributed by atoms with Crippen molar-refractivity contribution in [3.8, 4) is 0 Å². The third-order valence-corrected chi connectivity index (χ3v) is 3.11. The Kier molecular flexibility index (Phi) is 6.42. The maximum absolute atomic E-state index is 11.5. The van der Waals surface area contributed by atoms with Gasteiger partial charge in [-0.3, -0.25) is 4.79 Å². The number of carbonyl (C=O) groups excluding carboxylic acids is 1. The van der Waals surface area contributed by atoms with Gasteiger partial charge in [0.15, 0.2) is 0 Å². The average Bonchev–Trinajstić information content (AvgIpc) is 2.30. The normalized spacial score (nSPS) is 19.4. The van der Waals surface area contributed by atoms with Gasteiger partial charge in [-0.1, -0.05) is 6.92 Å². The standard InChI is InChI=1S/C12H25N3O/c1-3-11(2)14-12(16)5-4-8-15-9-6-13-7-10-15/h11,13H,3-10H2,1-2H3,(H,14,16). The molecule has 1 unspecified atom stereocenters. The lowest BCUT2D eigenvalue weighted by Crippen LogP contribution is -2.44. The highest BCUT2D eigenvalue weighted by Gasteiger charge is 2.10. The molecule has 94 valence electrons. The molecule has 1 aliphatic rings. The lowest BCUT2D eigenvalue weighted by Gasteiger charge is -2.27. The first-order valence-corrected chi connectivity index (χ1v) is 6.44. The Morgan fingerprint density at radius 3 is 2.75 bits per heavy atom. The van der Waals surface area contributed by atoms with Gasteiger partial charge in [-0.2, -0.15) is 0 Å². The van der Waals surface area contributed by atoms with Crippen molar-refractivity contribution in [1.82, 2.24) is 15.5 Å². The van der Waals surface area contributed by atoms with Gasteiger partial charge in [0, 0.05) is 38.6 Å². The van der Waals surface area contributed by atoms with Crippen LogP contribution in [0.5, 0.6) is 0 Å². The molecule has 4 nitrogen and oxygen atoms in total. The van der Waals surface area contributed by atoms with Crippen LogP contribution in [0, 0.1) is 0 Å². The van der Waals surface area contributed by atoms with Gasteiger partial charge >= 0.3 is 0 Å². The van der Waals surface area contributed by atoms with E-state index in [9.17, 15) is 4.79 Å². The molecule has 4 heteroatoms. The molecule has 1 aliphatic heterocycles. The van der Waals surface area contributed by atoms with Gasteiger partial charge in [0.05, 0.1) is 0 Å². The molecule has 1 amide bonds. The van der Waals surface area contributed by atoms with Gasteiger partial charge in [0.25, 0.3) is 0 Å². The zero-order chi connectivity index (χ0) is 11.8. The molecule has 0 aromatic rings. The maximum Gasteiger partial charge on any atom is 0.220 e. The fraction of sp³-hybridized carbons (Fsp3) is 0.917. The van der Waals surface area contributed by atoms with Crippen LogP contribution >= 0.6 is 0 Å². The van der Waals surface area contributed by atoms with Crippen molar-refractivity contribution in [2.75, 3.05) is 32.7 Å². The van der Waals surface area contributed by atoms with E-state index in [1.165, 1.54) is 0 Å². The fourth-order valence-electron chi connectivity index (χ4n) is 1.85. The van der Waals surface area contributed by atoms with Crippen LogP contribution in [0.4, 0.5) is 0 Å². The van der Waals surface area contributed by atoms with Gasteiger partial charge in [-0.15, -0.1) is 0 Å². The average molecular weight is 227 g/mol. The summed E-state index contributed by atoms with van der Waals surface area (Å²) in [5.41, 5.74) is 0. The molecule has 1 saturated heterocycles. The summed E-state index contributed by atoms with van der Waals surface area (Å²) >= 11 is 0. The molecule has 0 aromatic heterocycles. The molecule has 1 atom stereocenters. The first-order chi connectivity index (χ1) is 7.72. The van der Waals surface area contributed by atoms with Crippen LogP contribution in [-0.2, 0) is 4.79 Å². The lowest BCUT2D eigenvalue weighted by molar-refractivity contribution is -0.121. The summed E-state index contributed by atoms with van der Waals surface area (Å²) in [6, 6.07) is 0.312. The first kappa shape index (κ1) is 13.5. The SMILES string of the molecule is CCC(C)NC(=O)CCCN1CCNCC1. The van der Waals surface area contributed by atoms with Crippen molar-refractivity contribution < 1.29 is 4.79 Å². The van der Waals surface area contributed by atoms with Crippen LogP contribution in [-0.4, -0.2) is 49.6 Å². The third kappa shape index (κ3) is 5.47. The Morgan fingerprint density at radius 2 is 2.12 bits per heavy atom. The summed E-state index contributed by atoms with van der Waals surface area (Å²) in [6.45, 7) is 9.59. The summed E-state index contributed by atoms with van der Waals surface area (Å²) < 4.78 is 0. The van der Waals surface area contributed by atoms with E-state index in [1.807, 2.05) is 6.92 Å². The monoisotopic (exact) mass is 227 g/mol. The van der Waals surface area contributed by atoms with Crippen molar-refractivity contribution in [2.24, 2.45) is 0 Å². The summed E-state index contributed by atoms with van der Waals surface area (Å²) in [5.74, 6) is 0.199. The van der Waals surface area contributed by atoms with Crippen molar-refractivity contribution in [2.45, 2.75) is 39.2 Å². The van der Waals surface area contributed by atoms with E-state index >= 15 is 0 Å². The second kappa shape index (κ2) is 7.63. The number of amides is 1. The van der Waals surface area contributed by atoms with Crippen molar-refractivity contribution in [3.05, 3.63) is 0 Å². The van der Waals surface area contributed by atoms with Crippen LogP contribution in [0.2, 0.25) is 0 Å². The van der Waals surface area contributed by atoms with Crippen LogP contribution in [0.15, 0.2) is 0 Å². The Labute approximate surface area is 98.8 Å². The first-order valence-electron chi connectivity index (χ1n) is 6.44. The summed E-state index contributed by atoms with van der Waals surface area (Å²) in [5, 5.41) is 6.32. The molecular weight excluding hydrogens is 202 g/mol. The minimum absolute atomic E-state index is 0.199. The zero-order valence-electron chi connectivity index (χ0n) is 10.6. The smallest absolute Gasteiger partial charge is 0.220 e. The predicted octanol–water partition coefficient (Wildman–Crippen LogP) is 0.587. The Hall–Kier alpha value is -0.610. The highest BCUT2D eigenvalue weighted by molar-refractivity contribution is 5.76. The van der Waals surface area contributed by atoms with Crippen LogP contribution in [0.1, 0.15) is 33.1 Å². The van der Waals surface area contributed by atoms with E-state index in [0.29, 0.717) is 12.5 Å². The molecule has 1 heterocycles. The highest BCUT2D eigenvalue weighted by atomic mass is 16.1. The quantitative estimate of drug-likeness (QED) is 0.698. The maximum atomic E-state index is 11.5. The van der Waals surface area contributed by atoms with Crippen molar-refractivity contribution >= 4 is 5.91 Å². The minimum Gasteiger partial charge on any atom is -0.354 e. The van der Waals surface area contributed by atoms with Gasteiger partial charge in [0.2, 0.25) is 5.91 Å². The molecule has 0 aromatic carbocycles. The molecule has 1 rings (SSSR count). The number of hydrogen-bond donors (Lipinski definition) is 2. The molecular formula is C12H25N3O. The molecule has 2 N–H and O–H groups in total. The van der Waals surface area contributed by atoms with E-state index in [-0.39, 0.29) is 5.91 Å². The van der Waals surface area contributed by atoms with Crippen LogP contribution < -0.4 is 10.6 Å². The Morgan fingerprint density at radius 1 is 1.44 bits per heavy atom. The van der Waals surface area contributed by atoms with Crippen LogP contribution in [0.25, 0.3) is 0 Å². The number of nitrogens with zero attached hydrogens (tertiary/aromatic N) is 1. The van der Waals surface area contributed by atoms with Crippen LogP contribution in [0.3, 0.4) is 0 Å². The predicted molar refractivity (Wildman–Crippen MR) is 66.4 cm³/mol. The molecule has 0 radical (unpaired) electrons. The summed E-state index contributed by atoms with van der Waals surface area (Å²) in [4.78, 5) is 13.9. The van der Waals surface area contributed by atoms with E-state index in [1.54, 1.807) is 0 Å². The molecule has 16 heavy (non-hydrogen) atoms. The number of nitrogens with one attached hydrogen (secondary N) is 2. The number of hydrogen-bond acceptors (Lipinski definition) is 3. The molecule has 0 saturated carbocycles. The fourth-order valence-corrected chi connectivity index (χ4v) is 1.85. The molecule has 1 fully saturated rings. The molecule has 0 aliphatic carbocycles. The largest absolute Gasteiger partial charge is 0.354 e. The number of rotatable bonds is 6. The second-order valence-electron chi connectivity index (χ2n) is 4.57. The molecule has 0 bridgehead atoms. The zero-order valence-corrected chi connectivity index (χ0v) is 10.6. The summed E-state index contributed by atoms with van der Waals surface area (Å²) in [7, 11) is 0. The minimum atomic E-state index is 0.199. The van der Waals surface area contributed by atoms with Gasteiger partial charge in [-0.05, 0) is 26.3 Å². The number of carbonyl (C=O) groups is 1. The molecule has 0 spiro atoms. The Bertz CT molecular complexity index is 202. The van der Waals surface area contributed by atoms with E-state index in [4.69, 9.17) is 0 Å². The van der Waals surface area contributed by atoms with E-state index in [0.717, 1.165) is 45.6 Å². The highest BCUT2D eigenvalue weighted by Crippen LogP contribution is 1.98. The Balaban J connectivity index is 2.03. The summed E-state index contributed by atoms with van der Waals surface area (Å²) in [6.07, 6.45) is 2.64. The van der Waals surface area contributed by atoms with E-state index < -0.39 is 0 Å². The topological polar surface area (TPSA) is 44.4 Å². The van der Waals surface area contributed by atoms with Crippen molar-refractivity contribution in [3.63, 3.8) is 0 Å². The van der Waals surface area contributed by atoms with E-state index in [2.05, 4.69) is 22.5 Å². The van der Waals surface area contributed by atoms with Crippen molar-refractivity contribution in [1.29, 1.82) is 0 Å². The van der Waals surface area contributed by atoms with Gasteiger partial charge in [-0.25, -0.2) is 0 Å². The third-order valence-electron chi connectivity index (χ3n) is 3.11. The van der Waals surface area contributed by atoms with Gasteiger partial charge in [0.1, 0.15) is 0 Å².